The van der Waals surface area contributed by atoms with Crippen molar-refractivity contribution in [2.45, 2.75) is 47.4 Å². The number of rotatable bonds is 11. The largest absolute Gasteiger partial charge is 0.490 e. The SMILES string of the molecule is O=S(=O)(NS(=O)(=O)C(F)(F)C(F)(F)C(F)(F)C(F)(F)F)OCCOc1ccc([S+]2CCCCC2)c2ccccc12. The first-order valence-corrected chi connectivity index (χ1v) is 15.7. The Morgan fingerprint density at radius 3 is 1.90 bits per heavy atom. The molecule has 3 rings (SSSR count). The lowest BCUT2D eigenvalue weighted by molar-refractivity contribution is -0.382. The van der Waals surface area contributed by atoms with Gasteiger partial charge in [-0.05, 0) is 37.5 Å². The molecule has 0 bridgehead atoms. The molecule has 1 saturated heterocycles. The summed E-state index contributed by atoms with van der Waals surface area (Å²) in [6.07, 6.45) is -4.00. The Balaban J connectivity index is 1.69. The van der Waals surface area contributed by atoms with Crippen molar-refractivity contribution in [2.75, 3.05) is 24.7 Å². The molecule has 0 unspecified atom stereocenters. The molecule has 0 radical (unpaired) electrons. The van der Waals surface area contributed by atoms with Crippen LogP contribution < -0.4 is 8.86 Å². The Kier molecular flexibility index (Phi) is 9.26. The predicted octanol–water partition coefficient (Wildman–Crippen LogP) is 4.99. The average Bonchev–Trinajstić information content (AvgIpc) is 2.85. The molecule has 1 aliphatic heterocycles. The molecule has 40 heavy (non-hydrogen) atoms. The van der Waals surface area contributed by atoms with E-state index >= 15 is 0 Å². The molecule has 1 N–H and O–H groups in total. The van der Waals surface area contributed by atoms with Gasteiger partial charge in [0.15, 0.2) is 4.90 Å². The van der Waals surface area contributed by atoms with Crippen LogP contribution in [0.1, 0.15) is 19.3 Å². The normalized spacial score (nSPS) is 16.8. The van der Waals surface area contributed by atoms with Gasteiger partial charge in [-0.2, -0.15) is 47.9 Å². The molecule has 0 spiro atoms. The Hall–Kier alpha value is -1.96. The third-order valence-electron chi connectivity index (χ3n) is 5.68. The van der Waals surface area contributed by atoms with Crippen LogP contribution in [0.2, 0.25) is 0 Å². The molecule has 2 aromatic rings. The zero-order chi connectivity index (χ0) is 30.2. The molecular weight excluding hydrogens is 629 g/mol. The number of sulfonamides is 1. The van der Waals surface area contributed by atoms with Crippen LogP contribution in [0.5, 0.6) is 5.75 Å². The molecule has 2 aromatic carbocycles. The summed E-state index contributed by atoms with van der Waals surface area (Å²) in [5.41, 5.74) is 0. The number of hydrogen-bond acceptors (Lipinski definition) is 6. The van der Waals surface area contributed by atoms with Gasteiger partial charge in [0.05, 0.1) is 0 Å². The van der Waals surface area contributed by atoms with Gasteiger partial charge in [0.1, 0.15) is 30.5 Å². The highest BCUT2D eigenvalue weighted by Crippen LogP contribution is 2.54. The van der Waals surface area contributed by atoms with Gasteiger partial charge in [-0.3, -0.25) is 4.18 Å². The number of nitrogens with one attached hydrogen (secondary N) is 1. The minimum Gasteiger partial charge on any atom is -0.490 e. The van der Waals surface area contributed by atoms with Crippen molar-refractivity contribution in [1.29, 1.82) is 0 Å². The van der Waals surface area contributed by atoms with Gasteiger partial charge >= 0.3 is 33.6 Å². The maximum atomic E-state index is 13.7. The van der Waals surface area contributed by atoms with Gasteiger partial charge in [0.2, 0.25) is 0 Å². The first kappa shape index (κ1) is 32.6. The lowest BCUT2D eigenvalue weighted by atomic mass is 10.1. The van der Waals surface area contributed by atoms with Crippen LogP contribution in [0.4, 0.5) is 39.5 Å². The summed E-state index contributed by atoms with van der Waals surface area (Å²) in [6, 6.07) is 10.5. The van der Waals surface area contributed by atoms with E-state index in [9.17, 15) is 56.3 Å². The van der Waals surface area contributed by atoms with E-state index < -0.39 is 56.8 Å². The molecule has 0 aromatic heterocycles. The third-order valence-corrected chi connectivity index (χ3v) is 11.3. The van der Waals surface area contributed by atoms with Crippen molar-refractivity contribution >= 4 is 42.0 Å². The van der Waals surface area contributed by atoms with Crippen molar-refractivity contribution in [3.05, 3.63) is 36.4 Å². The van der Waals surface area contributed by atoms with E-state index in [-0.39, 0.29) is 20.8 Å². The summed E-state index contributed by atoms with van der Waals surface area (Å²) >= 11 is 0. The number of hydrogen-bond donors (Lipinski definition) is 1. The van der Waals surface area contributed by atoms with Crippen LogP contribution in [0.25, 0.3) is 10.8 Å². The summed E-state index contributed by atoms with van der Waals surface area (Å²) in [7, 11) is -13.4. The van der Waals surface area contributed by atoms with Gasteiger partial charge in [-0.25, -0.2) is 8.42 Å². The predicted molar refractivity (Wildman–Crippen MR) is 126 cm³/mol. The van der Waals surface area contributed by atoms with E-state index in [0.717, 1.165) is 41.0 Å². The van der Waals surface area contributed by atoms with E-state index in [1.54, 1.807) is 24.3 Å². The van der Waals surface area contributed by atoms with Crippen molar-refractivity contribution < 1.29 is 65.3 Å². The first-order valence-electron chi connectivity index (χ1n) is 11.2. The lowest BCUT2D eigenvalue weighted by Gasteiger charge is -2.32. The quantitative estimate of drug-likeness (QED) is 0.209. The zero-order valence-electron chi connectivity index (χ0n) is 20.0. The monoisotopic (exact) mass is 650 g/mol. The molecule has 19 heteroatoms. The highest BCUT2D eigenvalue weighted by Gasteiger charge is 2.85. The fourth-order valence-electron chi connectivity index (χ4n) is 3.71. The number of ether oxygens (including phenoxy) is 1. The van der Waals surface area contributed by atoms with E-state index in [0.29, 0.717) is 5.39 Å². The highest BCUT2D eigenvalue weighted by atomic mass is 32.3. The molecule has 0 saturated carbocycles. The second-order valence-electron chi connectivity index (χ2n) is 8.44. The Morgan fingerprint density at radius 1 is 0.750 bits per heavy atom. The van der Waals surface area contributed by atoms with Crippen LogP contribution in [0.3, 0.4) is 0 Å². The van der Waals surface area contributed by atoms with Crippen molar-refractivity contribution in [1.82, 2.24) is 4.13 Å². The molecule has 226 valence electrons. The maximum Gasteiger partial charge on any atom is 0.460 e. The fraction of sp³-hybridized carbons (Fsp3) is 0.524. The van der Waals surface area contributed by atoms with Crippen molar-refractivity contribution in [2.24, 2.45) is 0 Å². The van der Waals surface area contributed by atoms with Gasteiger partial charge < -0.3 is 4.74 Å². The smallest absolute Gasteiger partial charge is 0.460 e. The standard InChI is InChI=1S/C21H21F9NO6S3/c22-18(23,20(26,27)28)19(24,25)21(29,30)39(32,33)31-40(34,35)37-11-10-36-16-8-9-17(38-12-4-1-5-13-38)15-7-3-2-6-14(15)16/h2-3,6-9,31H,1,4-5,10-13H2/q+1. The molecule has 0 amide bonds. The van der Waals surface area contributed by atoms with E-state index in [2.05, 4.69) is 4.18 Å². The summed E-state index contributed by atoms with van der Waals surface area (Å²) < 4.78 is 173. The number of benzene rings is 2. The summed E-state index contributed by atoms with van der Waals surface area (Å²) in [5.74, 6) is -12.9. The Bertz CT molecular complexity index is 1430. The molecule has 0 atom stereocenters. The average molecular weight is 651 g/mol. The van der Waals surface area contributed by atoms with Crippen LogP contribution in [-0.4, -0.2) is 64.8 Å². The highest BCUT2D eigenvalue weighted by molar-refractivity contribution is 8.03. The number of fused-ring (bicyclic) bond motifs is 1. The van der Waals surface area contributed by atoms with Gasteiger partial charge in [0.25, 0.3) is 10.0 Å². The van der Waals surface area contributed by atoms with Gasteiger partial charge in [0, 0.05) is 21.7 Å². The summed E-state index contributed by atoms with van der Waals surface area (Å²) in [5, 5.41) is -5.74. The molecule has 0 aliphatic carbocycles. The van der Waals surface area contributed by atoms with Crippen molar-refractivity contribution in [3.8, 4) is 5.75 Å². The first-order chi connectivity index (χ1) is 18.3. The number of alkyl halides is 9. The topological polar surface area (TPSA) is 98.8 Å². The fourth-order valence-corrected chi connectivity index (χ4v) is 8.65. The van der Waals surface area contributed by atoms with Gasteiger partial charge in [-0.1, -0.05) is 22.3 Å². The molecule has 1 heterocycles. The van der Waals surface area contributed by atoms with Gasteiger partial charge in [-0.15, -0.1) is 0 Å². The van der Waals surface area contributed by atoms with Crippen LogP contribution in [0.15, 0.2) is 41.3 Å². The maximum absolute atomic E-state index is 13.7. The van der Waals surface area contributed by atoms with Crippen molar-refractivity contribution in [3.63, 3.8) is 0 Å². The second kappa shape index (κ2) is 11.4. The molecule has 7 nitrogen and oxygen atoms in total. The Morgan fingerprint density at radius 2 is 1.32 bits per heavy atom. The van der Waals surface area contributed by atoms with E-state index in [4.69, 9.17) is 4.74 Å². The van der Waals surface area contributed by atoms with Crippen LogP contribution in [-0.2, 0) is 35.4 Å². The minimum atomic E-state index is -7.60. The molecule has 1 aliphatic rings. The van der Waals surface area contributed by atoms with Crippen LogP contribution >= 0.6 is 0 Å². The van der Waals surface area contributed by atoms with E-state index in [1.807, 2.05) is 12.1 Å². The molecule has 1 fully saturated rings. The summed E-state index contributed by atoms with van der Waals surface area (Å²) in [6.45, 7) is -1.75. The van der Waals surface area contributed by atoms with Crippen LogP contribution in [0, 0.1) is 0 Å². The third kappa shape index (κ3) is 6.27. The molecular formula is C21H21F9NO6S3+. The summed E-state index contributed by atoms with van der Waals surface area (Å²) in [4.78, 5) is 1.10. The zero-order valence-corrected chi connectivity index (χ0v) is 22.4. The Labute approximate surface area is 225 Å². The minimum absolute atomic E-state index is 0.00681. The van der Waals surface area contributed by atoms with E-state index in [1.165, 1.54) is 0 Å². The lowest BCUT2D eigenvalue weighted by Crippen LogP contribution is -2.65. The number of halogens is 9. The second-order valence-corrected chi connectivity index (χ2v) is 14.0.